The van der Waals surface area contributed by atoms with Gasteiger partial charge in [0.25, 0.3) is 0 Å². The zero-order valence-electron chi connectivity index (χ0n) is 22.2. The van der Waals surface area contributed by atoms with E-state index in [9.17, 15) is 38.1 Å². The van der Waals surface area contributed by atoms with Crippen molar-refractivity contribution < 1.29 is 42.8 Å². The molecule has 0 amide bonds. The van der Waals surface area contributed by atoms with Gasteiger partial charge in [-0.2, -0.15) is 13.2 Å². The van der Waals surface area contributed by atoms with Gasteiger partial charge in [-0.25, -0.2) is 4.98 Å². The Hall–Kier alpha value is -2.34. The highest BCUT2D eigenvalue weighted by Crippen LogP contribution is 2.33. The second-order valence-corrected chi connectivity index (χ2v) is 11.2. The summed E-state index contributed by atoms with van der Waals surface area (Å²) in [5.41, 5.74) is -1.38. The quantitative estimate of drug-likeness (QED) is 0.361. The van der Waals surface area contributed by atoms with Crippen LogP contribution in [0.15, 0.2) is 34.8 Å². The minimum atomic E-state index is -4.64. The number of Topliss-reactive ketones (excluding diaryl/α,β-unsaturated/α-hetero) is 1. The molecule has 0 radical (unpaired) electrons. The minimum absolute atomic E-state index is 0.262. The SMILES string of the molecule is C/C(=C\c1csc(CO)n1)[C@@H]1C/C=C(/C(F)(F)F)C/C=C\[C@H](C)[C@H](O)[C@@H](C)C(=O)C(C)(C)[C@@H](O)CC(=O)O1. The van der Waals surface area contributed by atoms with Gasteiger partial charge < -0.3 is 20.1 Å². The van der Waals surface area contributed by atoms with Crippen LogP contribution in [0.4, 0.5) is 13.2 Å². The van der Waals surface area contributed by atoms with Gasteiger partial charge in [0.15, 0.2) is 0 Å². The Kier molecular flexibility index (Phi) is 11.0. The highest BCUT2D eigenvalue weighted by molar-refractivity contribution is 7.09. The fourth-order valence-electron chi connectivity index (χ4n) is 4.19. The number of thiazole rings is 1. The van der Waals surface area contributed by atoms with E-state index in [1.165, 1.54) is 44.3 Å². The van der Waals surface area contributed by atoms with Crippen LogP contribution in [0.3, 0.4) is 0 Å². The van der Waals surface area contributed by atoms with Crippen LogP contribution in [0.1, 0.15) is 64.6 Å². The fourth-order valence-corrected chi connectivity index (χ4v) is 4.80. The lowest BCUT2D eigenvalue weighted by Gasteiger charge is -2.34. The molecule has 0 saturated heterocycles. The van der Waals surface area contributed by atoms with Gasteiger partial charge in [0.05, 0.1) is 36.3 Å². The van der Waals surface area contributed by atoms with E-state index in [0.717, 1.165) is 6.08 Å². The van der Waals surface area contributed by atoms with Crippen molar-refractivity contribution in [1.29, 1.82) is 0 Å². The number of carbonyl (C=O) groups is 2. The summed E-state index contributed by atoms with van der Waals surface area (Å²) in [6, 6.07) is 0. The molecule has 212 valence electrons. The minimum Gasteiger partial charge on any atom is -0.457 e. The Morgan fingerprint density at radius 3 is 2.50 bits per heavy atom. The van der Waals surface area contributed by atoms with Gasteiger partial charge in [-0.15, -0.1) is 11.3 Å². The first-order valence-electron chi connectivity index (χ1n) is 12.3. The molecule has 0 spiro atoms. The maximum atomic E-state index is 13.8. The Bertz CT molecular complexity index is 1080. The normalized spacial score (nSPS) is 30.9. The van der Waals surface area contributed by atoms with Crippen molar-refractivity contribution in [2.75, 3.05) is 0 Å². The van der Waals surface area contributed by atoms with Crippen LogP contribution >= 0.6 is 11.3 Å². The van der Waals surface area contributed by atoms with E-state index in [1.54, 1.807) is 25.3 Å². The summed E-state index contributed by atoms with van der Waals surface area (Å²) in [5, 5.41) is 32.8. The van der Waals surface area contributed by atoms with Crippen molar-refractivity contribution in [2.24, 2.45) is 17.3 Å². The summed E-state index contributed by atoms with van der Waals surface area (Å²) in [5.74, 6) is -2.94. The number of aliphatic hydroxyl groups is 3. The third-order valence-electron chi connectivity index (χ3n) is 6.87. The molecule has 38 heavy (non-hydrogen) atoms. The number of ketones is 1. The lowest BCUT2D eigenvalue weighted by Crippen LogP contribution is -2.45. The van der Waals surface area contributed by atoms with Gasteiger partial charge in [0.1, 0.15) is 16.9 Å². The molecule has 0 aliphatic carbocycles. The maximum Gasteiger partial charge on any atom is 0.412 e. The van der Waals surface area contributed by atoms with Crippen LogP contribution in [-0.2, 0) is 20.9 Å². The highest BCUT2D eigenvalue weighted by Gasteiger charge is 2.42. The summed E-state index contributed by atoms with van der Waals surface area (Å²) in [6.45, 7) is 7.35. The number of rotatable bonds is 3. The molecule has 5 atom stereocenters. The first kappa shape index (κ1) is 31.9. The fraction of sp³-hybridized carbons (Fsp3) is 0.593. The number of hydrogen-bond acceptors (Lipinski definition) is 8. The number of aliphatic hydroxyl groups excluding tert-OH is 3. The molecule has 0 fully saturated rings. The van der Waals surface area contributed by atoms with Crippen molar-refractivity contribution >= 4 is 29.2 Å². The van der Waals surface area contributed by atoms with Crippen molar-refractivity contribution in [3.05, 3.63) is 45.5 Å². The molecule has 3 N–H and O–H groups in total. The van der Waals surface area contributed by atoms with Gasteiger partial charge >= 0.3 is 12.1 Å². The lowest BCUT2D eigenvalue weighted by atomic mass is 9.73. The molecule has 0 bridgehead atoms. The zero-order valence-corrected chi connectivity index (χ0v) is 23.0. The highest BCUT2D eigenvalue weighted by atomic mass is 32.1. The van der Waals surface area contributed by atoms with Crippen molar-refractivity contribution in [2.45, 2.75) is 85.0 Å². The number of allylic oxidation sites excluding steroid dienone is 2. The summed E-state index contributed by atoms with van der Waals surface area (Å²) in [6.07, 6.45) is -4.45. The largest absolute Gasteiger partial charge is 0.457 e. The number of hydrogen-bond donors (Lipinski definition) is 3. The van der Waals surface area contributed by atoms with Crippen LogP contribution in [0.2, 0.25) is 0 Å². The number of carbonyl (C=O) groups excluding carboxylic acids is 2. The molecular weight excluding hydrogens is 523 g/mol. The molecule has 1 aliphatic rings. The number of esters is 1. The molecule has 1 aromatic heterocycles. The summed E-state index contributed by atoms with van der Waals surface area (Å²) in [7, 11) is 0. The Morgan fingerprint density at radius 1 is 1.26 bits per heavy atom. The number of halogens is 3. The van der Waals surface area contributed by atoms with Crippen LogP contribution in [0.25, 0.3) is 6.08 Å². The third-order valence-corrected chi connectivity index (χ3v) is 7.73. The molecule has 2 rings (SSSR count). The van der Waals surface area contributed by atoms with Crippen LogP contribution < -0.4 is 0 Å². The van der Waals surface area contributed by atoms with Gasteiger partial charge in [-0.05, 0) is 25.0 Å². The molecular formula is C27H36F3NO6S. The van der Waals surface area contributed by atoms with Crippen LogP contribution in [-0.4, -0.2) is 56.5 Å². The van der Waals surface area contributed by atoms with E-state index >= 15 is 0 Å². The Labute approximate surface area is 224 Å². The first-order chi connectivity index (χ1) is 17.6. The van der Waals surface area contributed by atoms with E-state index < -0.39 is 71.9 Å². The van der Waals surface area contributed by atoms with E-state index in [0.29, 0.717) is 16.3 Å². The topological polar surface area (TPSA) is 117 Å². The van der Waals surface area contributed by atoms with Crippen molar-refractivity contribution in [3.63, 3.8) is 0 Å². The number of cyclic esters (lactones) is 1. The monoisotopic (exact) mass is 559 g/mol. The second-order valence-electron chi connectivity index (χ2n) is 10.2. The molecule has 7 nitrogen and oxygen atoms in total. The molecule has 1 aromatic rings. The van der Waals surface area contributed by atoms with Crippen LogP contribution in [0, 0.1) is 17.3 Å². The molecule has 11 heteroatoms. The number of aromatic nitrogens is 1. The Balaban J connectivity index is 2.50. The summed E-state index contributed by atoms with van der Waals surface area (Å²) >= 11 is 1.21. The number of ether oxygens (including phenoxy) is 1. The number of nitrogens with zero attached hydrogens (tertiary/aromatic N) is 1. The molecule has 0 saturated carbocycles. The van der Waals surface area contributed by atoms with Gasteiger partial charge in [-0.3, -0.25) is 9.59 Å². The third kappa shape index (κ3) is 8.33. The summed E-state index contributed by atoms with van der Waals surface area (Å²) < 4.78 is 46.8. The number of alkyl halides is 3. The van der Waals surface area contributed by atoms with E-state index in [4.69, 9.17) is 4.74 Å². The predicted molar refractivity (Wildman–Crippen MR) is 138 cm³/mol. The predicted octanol–water partition coefficient (Wildman–Crippen LogP) is 4.77. The van der Waals surface area contributed by atoms with Crippen LogP contribution in [0.5, 0.6) is 0 Å². The van der Waals surface area contributed by atoms with Gasteiger partial charge in [-0.1, -0.05) is 45.9 Å². The van der Waals surface area contributed by atoms with Gasteiger partial charge in [0, 0.05) is 29.2 Å². The zero-order chi connectivity index (χ0) is 28.8. The summed E-state index contributed by atoms with van der Waals surface area (Å²) in [4.78, 5) is 30.1. The van der Waals surface area contributed by atoms with E-state index in [-0.39, 0.29) is 13.0 Å². The smallest absolute Gasteiger partial charge is 0.412 e. The molecule has 0 aromatic carbocycles. The first-order valence-corrected chi connectivity index (χ1v) is 13.2. The van der Waals surface area contributed by atoms with E-state index in [1.807, 2.05) is 0 Å². The van der Waals surface area contributed by atoms with Crippen molar-refractivity contribution in [3.8, 4) is 0 Å². The van der Waals surface area contributed by atoms with Gasteiger partial charge in [0.2, 0.25) is 0 Å². The van der Waals surface area contributed by atoms with Crippen molar-refractivity contribution in [1.82, 2.24) is 4.98 Å². The average Bonchev–Trinajstić information content (AvgIpc) is 3.29. The lowest BCUT2D eigenvalue weighted by molar-refractivity contribution is -0.154. The molecule has 1 aliphatic heterocycles. The maximum absolute atomic E-state index is 13.8. The average molecular weight is 560 g/mol. The standard InChI is InChI=1S/C27H36F3NO6S/c1-15-7-6-8-18(27(28,29)30)9-10-20(16(2)11-19-14-38-22(13-32)31-19)37-23(34)12-21(33)26(4,5)25(36)17(3)24(15)35/h6-7,9,11,14-15,17,20-21,24,32-33,35H,8,10,12-13H2,1-5H3/b7-6-,16-11+,18-9+/t15-,17+,20-,21-,24-/m0/s1. The molecule has 0 unspecified atom stereocenters. The molecule has 2 heterocycles. The van der Waals surface area contributed by atoms with E-state index in [2.05, 4.69) is 4.98 Å². The Morgan fingerprint density at radius 2 is 1.92 bits per heavy atom. The second kappa shape index (κ2) is 13.1.